The highest BCUT2D eigenvalue weighted by Crippen LogP contribution is 2.23. The highest BCUT2D eigenvalue weighted by molar-refractivity contribution is 5.54. The molecule has 1 fully saturated rings. The summed E-state index contributed by atoms with van der Waals surface area (Å²) in [7, 11) is 2.09. The first-order valence-corrected chi connectivity index (χ1v) is 10.3. The lowest BCUT2D eigenvalue weighted by molar-refractivity contribution is 0.645. The molecule has 5 heteroatoms. The van der Waals surface area contributed by atoms with E-state index in [-0.39, 0.29) is 0 Å². The van der Waals surface area contributed by atoms with Gasteiger partial charge in [-0.1, -0.05) is 42.5 Å². The summed E-state index contributed by atoms with van der Waals surface area (Å²) < 4.78 is 0. The lowest BCUT2D eigenvalue weighted by Gasteiger charge is -2.37. The van der Waals surface area contributed by atoms with Crippen LogP contribution in [0.3, 0.4) is 0 Å². The van der Waals surface area contributed by atoms with Crippen LogP contribution in [0, 0.1) is 13.8 Å². The predicted molar refractivity (Wildman–Crippen MR) is 121 cm³/mol. The Hall–Kier alpha value is -3.08. The standard InChI is InChI=1S/C24H29N5/c1-19-8-7-11-22(16-19)28-12-14-29(15-13-28)24-17-23(25-20(2)26-24)27(3)18-21-9-5-4-6-10-21/h4-11,16-17H,12-15,18H2,1-3H3. The van der Waals surface area contributed by atoms with Crippen LogP contribution in [0.4, 0.5) is 17.3 Å². The Morgan fingerprint density at radius 1 is 0.828 bits per heavy atom. The van der Waals surface area contributed by atoms with Crippen LogP contribution < -0.4 is 14.7 Å². The number of aryl methyl sites for hydroxylation is 2. The van der Waals surface area contributed by atoms with Gasteiger partial charge in [0.25, 0.3) is 0 Å². The van der Waals surface area contributed by atoms with E-state index in [9.17, 15) is 0 Å². The van der Waals surface area contributed by atoms with Gasteiger partial charge in [0, 0.05) is 51.5 Å². The molecule has 2 aromatic carbocycles. The van der Waals surface area contributed by atoms with E-state index in [4.69, 9.17) is 4.98 Å². The van der Waals surface area contributed by atoms with Gasteiger partial charge >= 0.3 is 0 Å². The smallest absolute Gasteiger partial charge is 0.134 e. The maximum absolute atomic E-state index is 4.73. The number of hydrogen-bond acceptors (Lipinski definition) is 5. The van der Waals surface area contributed by atoms with Gasteiger partial charge in [-0.2, -0.15) is 0 Å². The van der Waals surface area contributed by atoms with Crippen molar-refractivity contribution in [2.45, 2.75) is 20.4 Å². The molecule has 1 saturated heterocycles. The van der Waals surface area contributed by atoms with Crippen molar-refractivity contribution >= 4 is 17.3 Å². The largest absolute Gasteiger partial charge is 0.368 e. The van der Waals surface area contributed by atoms with Crippen molar-refractivity contribution in [3.63, 3.8) is 0 Å². The molecule has 1 aliphatic rings. The summed E-state index contributed by atoms with van der Waals surface area (Å²) in [5.41, 5.74) is 3.90. The minimum absolute atomic E-state index is 0.818. The predicted octanol–water partition coefficient (Wildman–Crippen LogP) is 4.06. The first-order valence-electron chi connectivity index (χ1n) is 10.3. The number of rotatable bonds is 5. The molecule has 4 rings (SSSR count). The van der Waals surface area contributed by atoms with E-state index in [1.807, 2.05) is 13.0 Å². The van der Waals surface area contributed by atoms with Gasteiger partial charge in [0.15, 0.2) is 0 Å². The second-order valence-corrected chi connectivity index (χ2v) is 7.79. The summed E-state index contributed by atoms with van der Waals surface area (Å²) in [6, 6.07) is 21.4. The van der Waals surface area contributed by atoms with Crippen LogP contribution in [-0.4, -0.2) is 43.2 Å². The molecule has 1 aromatic heterocycles. The SMILES string of the molecule is Cc1cccc(N2CCN(c3cc(N(C)Cc4ccccc4)nc(C)n3)CC2)c1. The molecule has 0 unspecified atom stereocenters. The molecule has 5 nitrogen and oxygen atoms in total. The maximum atomic E-state index is 4.73. The Morgan fingerprint density at radius 2 is 1.55 bits per heavy atom. The molecule has 150 valence electrons. The zero-order valence-electron chi connectivity index (χ0n) is 17.5. The summed E-state index contributed by atoms with van der Waals surface area (Å²) in [5.74, 6) is 2.81. The number of nitrogens with zero attached hydrogens (tertiary/aromatic N) is 5. The van der Waals surface area contributed by atoms with Gasteiger partial charge in [0.1, 0.15) is 17.5 Å². The van der Waals surface area contributed by atoms with Crippen molar-refractivity contribution in [3.05, 3.63) is 77.6 Å². The van der Waals surface area contributed by atoms with Crippen LogP contribution in [0.25, 0.3) is 0 Å². The first kappa shape index (κ1) is 19.2. The number of hydrogen-bond donors (Lipinski definition) is 0. The normalized spacial score (nSPS) is 14.2. The Labute approximate surface area is 173 Å². The molecule has 1 aliphatic heterocycles. The van der Waals surface area contributed by atoms with Crippen LogP contribution in [0.15, 0.2) is 60.7 Å². The molecule has 0 N–H and O–H groups in total. The second kappa shape index (κ2) is 8.52. The fourth-order valence-electron chi connectivity index (χ4n) is 3.85. The first-order chi connectivity index (χ1) is 14.1. The average molecular weight is 388 g/mol. The number of benzene rings is 2. The summed E-state index contributed by atoms with van der Waals surface area (Å²) >= 11 is 0. The zero-order chi connectivity index (χ0) is 20.2. The fourth-order valence-corrected chi connectivity index (χ4v) is 3.85. The average Bonchev–Trinajstić information content (AvgIpc) is 2.74. The summed E-state index contributed by atoms with van der Waals surface area (Å²) in [4.78, 5) is 16.4. The molecular formula is C24H29N5. The monoisotopic (exact) mass is 387 g/mol. The lowest BCUT2D eigenvalue weighted by Crippen LogP contribution is -2.47. The molecule has 0 saturated carbocycles. The number of piperazine rings is 1. The van der Waals surface area contributed by atoms with Crippen molar-refractivity contribution in [3.8, 4) is 0 Å². The van der Waals surface area contributed by atoms with Gasteiger partial charge in [-0.15, -0.1) is 0 Å². The lowest BCUT2D eigenvalue weighted by atomic mass is 10.2. The highest BCUT2D eigenvalue weighted by Gasteiger charge is 2.20. The van der Waals surface area contributed by atoms with Crippen molar-refractivity contribution in [1.82, 2.24) is 9.97 Å². The molecule has 0 radical (unpaired) electrons. The number of anilines is 3. The summed E-state index contributed by atoms with van der Waals surface area (Å²) in [5, 5.41) is 0. The highest BCUT2D eigenvalue weighted by atomic mass is 15.3. The third kappa shape index (κ3) is 4.67. The maximum Gasteiger partial charge on any atom is 0.134 e. The Kier molecular flexibility index (Phi) is 5.65. The van der Waals surface area contributed by atoms with E-state index in [1.54, 1.807) is 0 Å². The molecule has 3 aromatic rings. The van der Waals surface area contributed by atoms with Crippen molar-refractivity contribution < 1.29 is 0 Å². The molecule has 0 atom stereocenters. The molecule has 0 bridgehead atoms. The summed E-state index contributed by atoms with van der Waals surface area (Å²) in [6.45, 7) is 8.89. The number of aromatic nitrogens is 2. The fraction of sp³-hybridized carbons (Fsp3) is 0.333. The van der Waals surface area contributed by atoms with E-state index in [1.165, 1.54) is 16.8 Å². The molecule has 0 spiro atoms. The van der Waals surface area contributed by atoms with Gasteiger partial charge in [-0.05, 0) is 37.1 Å². The molecule has 0 aliphatic carbocycles. The quantitative estimate of drug-likeness (QED) is 0.660. The third-order valence-electron chi connectivity index (χ3n) is 5.44. The van der Waals surface area contributed by atoms with Crippen molar-refractivity contribution in [2.75, 3.05) is 47.9 Å². The molecule has 2 heterocycles. The van der Waals surface area contributed by atoms with Crippen LogP contribution in [-0.2, 0) is 6.54 Å². The summed E-state index contributed by atoms with van der Waals surface area (Å²) in [6.07, 6.45) is 0. The molecular weight excluding hydrogens is 358 g/mol. The van der Waals surface area contributed by atoms with Crippen LogP contribution in [0.2, 0.25) is 0 Å². The Bertz CT molecular complexity index is 948. The van der Waals surface area contributed by atoms with Gasteiger partial charge < -0.3 is 14.7 Å². The van der Waals surface area contributed by atoms with E-state index in [0.29, 0.717) is 0 Å². The zero-order valence-corrected chi connectivity index (χ0v) is 17.5. The van der Waals surface area contributed by atoms with E-state index in [2.05, 4.69) is 88.3 Å². The van der Waals surface area contributed by atoms with Gasteiger partial charge in [-0.25, -0.2) is 9.97 Å². The second-order valence-electron chi connectivity index (χ2n) is 7.79. The minimum atomic E-state index is 0.818. The van der Waals surface area contributed by atoms with Crippen LogP contribution in [0.5, 0.6) is 0 Å². The van der Waals surface area contributed by atoms with E-state index >= 15 is 0 Å². The van der Waals surface area contributed by atoms with Gasteiger partial charge in [-0.3, -0.25) is 0 Å². The third-order valence-corrected chi connectivity index (χ3v) is 5.44. The van der Waals surface area contributed by atoms with Crippen molar-refractivity contribution in [2.24, 2.45) is 0 Å². The molecule has 0 amide bonds. The minimum Gasteiger partial charge on any atom is -0.368 e. The van der Waals surface area contributed by atoms with Gasteiger partial charge in [0.2, 0.25) is 0 Å². The topological polar surface area (TPSA) is 35.5 Å². The van der Waals surface area contributed by atoms with Gasteiger partial charge in [0.05, 0.1) is 0 Å². The van der Waals surface area contributed by atoms with E-state index in [0.717, 1.165) is 50.2 Å². The van der Waals surface area contributed by atoms with Crippen LogP contribution in [0.1, 0.15) is 17.0 Å². The van der Waals surface area contributed by atoms with Crippen LogP contribution >= 0.6 is 0 Å². The van der Waals surface area contributed by atoms with Crippen molar-refractivity contribution in [1.29, 1.82) is 0 Å². The molecule has 29 heavy (non-hydrogen) atoms. The Morgan fingerprint density at radius 3 is 2.28 bits per heavy atom. The Balaban J connectivity index is 1.45. The van der Waals surface area contributed by atoms with E-state index < -0.39 is 0 Å².